The Bertz CT molecular complexity index is 1350. The van der Waals surface area contributed by atoms with Crippen molar-refractivity contribution in [1.29, 1.82) is 0 Å². The number of aromatic nitrogens is 2. The molecule has 0 fully saturated rings. The molecule has 12 heteroatoms. The number of rotatable bonds is 7. The molecular weight excluding hydrogens is 511 g/mol. The Labute approximate surface area is 215 Å². The minimum Gasteiger partial charge on any atom is -0.394 e. The summed E-state index contributed by atoms with van der Waals surface area (Å²) in [6.45, 7) is 1.06. The zero-order valence-corrected chi connectivity index (χ0v) is 20.6. The zero-order valence-electron chi connectivity index (χ0n) is 19.8. The van der Waals surface area contributed by atoms with Gasteiger partial charge in [-0.15, -0.1) is 0 Å². The summed E-state index contributed by atoms with van der Waals surface area (Å²) in [4.78, 5) is 35.9. The summed E-state index contributed by atoms with van der Waals surface area (Å²) in [6.07, 6.45) is -3.12. The summed E-state index contributed by atoms with van der Waals surface area (Å²) in [6, 6.07) is 7.51. The minimum atomic E-state index is -4.56. The highest BCUT2D eigenvalue weighted by atomic mass is 35.5. The number of anilines is 1. The number of hydrogen-bond acceptors (Lipinski definition) is 6. The summed E-state index contributed by atoms with van der Waals surface area (Å²) in [7, 11) is 1.66. The molecule has 2 atom stereocenters. The maximum Gasteiger partial charge on any atom is 0.416 e. The maximum absolute atomic E-state index is 13.2. The molecule has 3 N–H and O–H groups in total. The van der Waals surface area contributed by atoms with E-state index < -0.39 is 42.2 Å². The third-order valence-corrected chi connectivity index (χ3v) is 6.42. The van der Waals surface area contributed by atoms with Crippen molar-refractivity contribution in [2.75, 3.05) is 19.0 Å². The number of alkyl halides is 3. The number of hydrogen-bond donors (Lipinski definition) is 3. The number of nitrogens with zero attached hydrogens (tertiary/aromatic N) is 3. The Morgan fingerprint density at radius 3 is 2.68 bits per heavy atom. The first kappa shape index (κ1) is 26.4. The van der Waals surface area contributed by atoms with Gasteiger partial charge in [0.25, 0.3) is 5.91 Å². The predicted molar refractivity (Wildman–Crippen MR) is 131 cm³/mol. The molecule has 37 heavy (non-hydrogen) atoms. The fourth-order valence-corrected chi connectivity index (χ4v) is 4.27. The molecule has 194 valence electrons. The highest BCUT2D eigenvalue weighted by Crippen LogP contribution is 2.33. The standard InChI is InChI=1S/C25H23ClF3N5O3/c1-13(22(36)32-20(12-35)14-4-3-5-17(8-14)25(27,28)29)34-11-16-7-6-15(9-18(16)23(34)37)21-19(26)10-31-24(30-2)33-21/h3-10,13,20,35H,11-12H2,1-2H3,(H,32,36)(H,30,31,33)/t13-,20-/m1/s1. The second-order valence-corrected chi connectivity index (χ2v) is 8.90. The topological polar surface area (TPSA) is 107 Å². The molecule has 0 aliphatic carbocycles. The molecule has 8 nitrogen and oxygen atoms in total. The van der Waals surface area contributed by atoms with Gasteiger partial charge in [-0.2, -0.15) is 13.2 Å². The van der Waals surface area contributed by atoms with E-state index >= 15 is 0 Å². The predicted octanol–water partition coefficient (Wildman–Crippen LogP) is 4.05. The number of nitrogens with one attached hydrogen (secondary N) is 2. The molecule has 2 amide bonds. The molecular formula is C25H23ClF3N5O3. The molecule has 0 saturated heterocycles. The summed E-state index contributed by atoms with van der Waals surface area (Å²) < 4.78 is 39.3. The molecule has 0 bridgehead atoms. The molecule has 2 aromatic carbocycles. The lowest BCUT2D eigenvalue weighted by Crippen LogP contribution is -2.46. The lowest BCUT2D eigenvalue weighted by atomic mass is 10.0. The summed E-state index contributed by atoms with van der Waals surface area (Å²) in [5.41, 5.74) is 1.32. The third-order valence-electron chi connectivity index (χ3n) is 6.15. The second-order valence-electron chi connectivity index (χ2n) is 8.49. The van der Waals surface area contributed by atoms with E-state index in [0.29, 0.717) is 33.4 Å². The third kappa shape index (κ3) is 5.37. The molecule has 1 aliphatic rings. The second kappa shape index (κ2) is 10.3. The van der Waals surface area contributed by atoms with Crippen molar-refractivity contribution in [1.82, 2.24) is 20.2 Å². The van der Waals surface area contributed by atoms with Gasteiger partial charge in [-0.1, -0.05) is 35.9 Å². The van der Waals surface area contributed by atoms with Crippen LogP contribution in [0.5, 0.6) is 0 Å². The summed E-state index contributed by atoms with van der Waals surface area (Å²) in [5.74, 6) is -0.647. The quantitative estimate of drug-likeness (QED) is 0.423. The van der Waals surface area contributed by atoms with Gasteiger partial charge in [-0.25, -0.2) is 9.97 Å². The average Bonchev–Trinajstić information content (AvgIpc) is 3.22. The maximum atomic E-state index is 13.2. The summed E-state index contributed by atoms with van der Waals surface area (Å²) in [5, 5.41) is 15.4. The van der Waals surface area contributed by atoms with Gasteiger partial charge in [0, 0.05) is 24.7 Å². The van der Waals surface area contributed by atoms with Gasteiger partial charge in [0.1, 0.15) is 6.04 Å². The van der Waals surface area contributed by atoms with E-state index in [1.165, 1.54) is 30.2 Å². The fourth-order valence-electron chi connectivity index (χ4n) is 4.07. The largest absolute Gasteiger partial charge is 0.416 e. The Morgan fingerprint density at radius 1 is 1.24 bits per heavy atom. The molecule has 0 unspecified atom stereocenters. The first-order valence-electron chi connectivity index (χ1n) is 11.3. The van der Waals surface area contributed by atoms with Gasteiger partial charge >= 0.3 is 6.18 Å². The van der Waals surface area contributed by atoms with Crippen LogP contribution in [0, 0.1) is 0 Å². The number of aliphatic hydroxyl groups is 1. The minimum absolute atomic E-state index is 0.0984. The van der Waals surface area contributed by atoms with Crippen molar-refractivity contribution in [3.8, 4) is 11.3 Å². The van der Waals surface area contributed by atoms with Gasteiger partial charge in [0.05, 0.1) is 35.1 Å². The molecule has 2 heterocycles. The molecule has 1 aromatic heterocycles. The molecule has 3 aromatic rings. The fraction of sp³-hybridized carbons (Fsp3) is 0.280. The van der Waals surface area contributed by atoms with Crippen LogP contribution in [0.4, 0.5) is 19.1 Å². The molecule has 0 saturated carbocycles. The monoisotopic (exact) mass is 533 g/mol. The lowest BCUT2D eigenvalue weighted by Gasteiger charge is -2.26. The van der Waals surface area contributed by atoms with Crippen molar-refractivity contribution in [2.45, 2.75) is 31.7 Å². The Hall–Kier alpha value is -3.70. The number of carbonyl (C=O) groups is 2. The van der Waals surface area contributed by atoms with E-state index in [4.69, 9.17) is 11.6 Å². The van der Waals surface area contributed by atoms with Crippen molar-refractivity contribution >= 4 is 29.4 Å². The van der Waals surface area contributed by atoms with Crippen LogP contribution < -0.4 is 10.6 Å². The van der Waals surface area contributed by atoms with E-state index in [9.17, 15) is 27.9 Å². The van der Waals surface area contributed by atoms with Gasteiger partial charge < -0.3 is 20.6 Å². The SMILES string of the molecule is CNc1ncc(Cl)c(-c2ccc3c(c2)C(=O)N([C@H](C)C(=O)N[C@H](CO)c2cccc(C(F)(F)F)c2)C3)n1. The number of aliphatic hydroxyl groups excluding tert-OH is 1. The Kier molecular flexibility index (Phi) is 7.37. The number of amides is 2. The van der Waals surface area contributed by atoms with E-state index in [1.54, 1.807) is 25.2 Å². The number of fused-ring (bicyclic) bond motifs is 1. The van der Waals surface area contributed by atoms with Crippen LogP contribution in [-0.4, -0.2) is 51.5 Å². The summed E-state index contributed by atoms with van der Waals surface area (Å²) >= 11 is 6.26. The molecule has 0 radical (unpaired) electrons. The van der Waals surface area contributed by atoms with Crippen molar-refractivity contribution in [3.63, 3.8) is 0 Å². The highest BCUT2D eigenvalue weighted by molar-refractivity contribution is 6.33. The van der Waals surface area contributed by atoms with E-state index in [0.717, 1.165) is 12.1 Å². The van der Waals surface area contributed by atoms with Gasteiger partial charge in [0.2, 0.25) is 11.9 Å². The number of carbonyl (C=O) groups excluding carboxylic acids is 2. The van der Waals surface area contributed by atoms with Crippen LogP contribution in [0.3, 0.4) is 0 Å². The van der Waals surface area contributed by atoms with Crippen molar-refractivity contribution in [2.24, 2.45) is 0 Å². The average molecular weight is 534 g/mol. The van der Waals surface area contributed by atoms with E-state index in [-0.39, 0.29) is 12.1 Å². The smallest absolute Gasteiger partial charge is 0.394 e. The molecule has 4 rings (SSSR count). The lowest BCUT2D eigenvalue weighted by molar-refractivity contribution is -0.137. The van der Waals surface area contributed by atoms with Crippen LogP contribution in [0.25, 0.3) is 11.3 Å². The Balaban J connectivity index is 1.52. The van der Waals surface area contributed by atoms with E-state index in [1.807, 2.05) is 0 Å². The van der Waals surface area contributed by atoms with Crippen LogP contribution in [0.15, 0.2) is 48.7 Å². The van der Waals surface area contributed by atoms with Gasteiger partial charge in [-0.3, -0.25) is 9.59 Å². The van der Waals surface area contributed by atoms with Crippen LogP contribution in [0.1, 0.15) is 40.0 Å². The van der Waals surface area contributed by atoms with Crippen LogP contribution in [-0.2, 0) is 17.5 Å². The first-order chi connectivity index (χ1) is 17.5. The van der Waals surface area contributed by atoms with Gasteiger partial charge in [0.15, 0.2) is 0 Å². The van der Waals surface area contributed by atoms with E-state index in [2.05, 4.69) is 20.6 Å². The Morgan fingerprint density at radius 2 is 2.00 bits per heavy atom. The van der Waals surface area contributed by atoms with Crippen molar-refractivity contribution < 1.29 is 27.9 Å². The van der Waals surface area contributed by atoms with Crippen molar-refractivity contribution in [3.05, 3.63) is 75.9 Å². The number of benzene rings is 2. The molecule has 1 aliphatic heterocycles. The van der Waals surface area contributed by atoms with Crippen LogP contribution in [0.2, 0.25) is 5.02 Å². The van der Waals surface area contributed by atoms with Crippen LogP contribution >= 0.6 is 11.6 Å². The normalized spacial score (nSPS) is 14.8. The highest BCUT2D eigenvalue weighted by Gasteiger charge is 2.35. The van der Waals surface area contributed by atoms with Gasteiger partial charge in [-0.05, 0) is 36.2 Å². The zero-order chi connectivity index (χ0) is 26.9. The molecule has 0 spiro atoms. The first-order valence-corrected chi connectivity index (χ1v) is 11.6. The number of halogens is 4.